The van der Waals surface area contributed by atoms with Gasteiger partial charge in [0.05, 0.1) is 13.1 Å². The Morgan fingerprint density at radius 2 is 1.68 bits per heavy atom. The van der Waals surface area contributed by atoms with Crippen molar-refractivity contribution in [1.29, 1.82) is 0 Å². The van der Waals surface area contributed by atoms with Crippen molar-refractivity contribution in [3.63, 3.8) is 0 Å². The zero-order valence-electron chi connectivity index (χ0n) is 15.6. The maximum Gasteiger partial charge on any atom is 0.407 e. The van der Waals surface area contributed by atoms with Crippen molar-refractivity contribution < 1.29 is 9.90 Å². The van der Waals surface area contributed by atoms with Crippen molar-refractivity contribution in [2.75, 3.05) is 31.1 Å². The van der Waals surface area contributed by atoms with Gasteiger partial charge in [0, 0.05) is 26.2 Å². The minimum absolute atomic E-state index is 0.0220. The Labute approximate surface area is 166 Å². The summed E-state index contributed by atoms with van der Waals surface area (Å²) in [4.78, 5) is 36.2. The highest BCUT2D eigenvalue weighted by atomic mass is 35.5. The van der Waals surface area contributed by atoms with E-state index in [9.17, 15) is 9.59 Å². The molecule has 3 rings (SSSR count). The van der Waals surface area contributed by atoms with Crippen molar-refractivity contribution in [2.24, 2.45) is 0 Å². The summed E-state index contributed by atoms with van der Waals surface area (Å²) in [5, 5.41) is 9.16. The fraction of sp³-hybridized carbons (Fsp3) is 0.444. The number of amides is 1. The molecule has 2 aromatic rings. The van der Waals surface area contributed by atoms with Gasteiger partial charge in [0.2, 0.25) is 11.2 Å². The van der Waals surface area contributed by atoms with Crippen molar-refractivity contribution in [2.45, 2.75) is 26.9 Å². The predicted octanol–water partition coefficient (Wildman–Crippen LogP) is 1.09. The average molecular weight is 403 g/mol. The van der Waals surface area contributed by atoms with Crippen LogP contribution >= 0.6 is 11.6 Å². The summed E-state index contributed by atoms with van der Waals surface area (Å²) >= 11 is 6.17. The topological polar surface area (TPSA) is 96.5 Å². The molecule has 0 aliphatic carbocycles. The first kappa shape index (κ1) is 19.6. The fourth-order valence-electron chi connectivity index (χ4n) is 3.02. The van der Waals surface area contributed by atoms with Crippen LogP contribution in [0.2, 0.25) is 5.28 Å². The highest BCUT2D eigenvalue weighted by molar-refractivity contribution is 6.28. The van der Waals surface area contributed by atoms with Gasteiger partial charge in [0.15, 0.2) is 11.2 Å². The molecule has 0 saturated carbocycles. The Hall–Kier alpha value is -3.17. The third-order valence-corrected chi connectivity index (χ3v) is 4.75. The van der Waals surface area contributed by atoms with E-state index in [0.717, 1.165) is 0 Å². The number of carboxylic acid groups (broad SMARTS) is 1. The molecule has 1 amide bonds. The number of imidazole rings is 1. The van der Waals surface area contributed by atoms with E-state index in [4.69, 9.17) is 16.7 Å². The number of hydrogen-bond donors (Lipinski definition) is 1. The molecule has 0 atom stereocenters. The van der Waals surface area contributed by atoms with Gasteiger partial charge in [-0.1, -0.05) is 11.8 Å². The molecule has 0 spiro atoms. The molecule has 1 fully saturated rings. The number of hydrogen-bond acceptors (Lipinski definition) is 5. The third kappa shape index (κ3) is 3.62. The van der Waals surface area contributed by atoms with E-state index in [1.165, 1.54) is 9.47 Å². The Balaban J connectivity index is 2.10. The number of fused-ring (bicyclic) bond motifs is 1. The number of aromatic nitrogens is 4. The van der Waals surface area contributed by atoms with E-state index in [0.29, 0.717) is 37.6 Å². The van der Waals surface area contributed by atoms with Crippen molar-refractivity contribution in [3.05, 3.63) is 15.6 Å². The second kappa shape index (κ2) is 8.24. The minimum atomic E-state index is -0.946. The SMILES string of the molecule is CC#CCn1c(Cl)nc2nc(N3CCN(C(=O)O)CC3)n(CC#CC)c2c1=O. The molecule has 0 bridgehead atoms. The van der Waals surface area contributed by atoms with E-state index in [-0.39, 0.29) is 29.6 Å². The van der Waals surface area contributed by atoms with Gasteiger partial charge in [-0.15, -0.1) is 11.8 Å². The van der Waals surface area contributed by atoms with Gasteiger partial charge in [0.1, 0.15) is 0 Å². The van der Waals surface area contributed by atoms with Gasteiger partial charge >= 0.3 is 6.09 Å². The molecule has 1 saturated heterocycles. The molecule has 146 valence electrons. The standard InChI is InChI=1S/C18H19ClN6O3/c1-3-5-7-24-13-14(20-16(19)25(15(13)26)8-6-4-2)21-17(24)22-9-11-23(12-10-22)18(27)28/h7-12H2,1-2H3,(H,27,28). The summed E-state index contributed by atoms with van der Waals surface area (Å²) in [6.45, 7) is 5.41. The lowest BCUT2D eigenvalue weighted by Gasteiger charge is -2.33. The van der Waals surface area contributed by atoms with E-state index >= 15 is 0 Å². The highest BCUT2D eigenvalue weighted by Gasteiger charge is 2.26. The molecule has 2 aromatic heterocycles. The van der Waals surface area contributed by atoms with Gasteiger partial charge in [-0.2, -0.15) is 9.97 Å². The van der Waals surface area contributed by atoms with Crippen LogP contribution in [0.4, 0.5) is 10.7 Å². The summed E-state index contributed by atoms with van der Waals surface area (Å²) in [7, 11) is 0. The first-order chi connectivity index (χ1) is 13.5. The molecule has 0 unspecified atom stereocenters. The van der Waals surface area contributed by atoms with E-state index in [2.05, 4.69) is 33.6 Å². The molecule has 3 heterocycles. The fourth-order valence-corrected chi connectivity index (χ4v) is 3.24. The third-order valence-electron chi connectivity index (χ3n) is 4.46. The van der Waals surface area contributed by atoms with Gasteiger partial charge in [-0.3, -0.25) is 13.9 Å². The van der Waals surface area contributed by atoms with Gasteiger partial charge in [0.25, 0.3) is 5.56 Å². The number of nitrogens with zero attached hydrogens (tertiary/aromatic N) is 6. The summed E-state index contributed by atoms with van der Waals surface area (Å²) in [5.74, 6) is 11.9. The number of anilines is 1. The van der Waals surface area contributed by atoms with E-state index in [1.807, 2.05) is 4.90 Å². The lowest BCUT2D eigenvalue weighted by Crippen LogP contribution is -2.49. The lowest BCUT2D eigenvalue weighted by atomic mass is 10.3. The van der Waals surface area contributed by atoms with Crippen LogP contribution in [0.3, 0.4) is 0 Å². The van der Waals surface area contributed by atoms with Crippen LogP contribution in [-0.4, -0.2) is 61.4 Å². The summed E-state index contributed by atoms with van der Waals surface area (Å²) in [5.41, 5.74) is 0.212. The molecule has 10 heteroatoms. The molecule has 9 nitrogen and oxygen atoms in total. The maximum absolute atomic E-state index is 13.0. The smallest absolute Gasteiger partial charge is 0.407 e. The molecule has 0 radical (unpaired) electrons. The van der Waals surface area contributed by atoms with Gasteiger partial charge in [-0.25, -0.2) is 4.79 Å². The summed E-state index contributed by atoms with van der Waals surface area (Å²) in [6.07, 6.45) is -0.946. The second-order valence-electron chi connectivity index (χ2n) is 6.05. The highest BCUT2D eigenvalue weighted by Crippen LogP contribution is 2.22. The zero-order valence-corrected chi connectivity index (χ0v) is 16.3. The normalized spacial score (nSPS) is 13.7. The largest absolute Gasteiger partial charge is 0.465 e. The molecule has 1 aliphatic rings. The first-order valence-electron chi connectivity index (χ1n) is 8.66. The van der Waals surface area contributed by atoms with Crippen molar-refractivity contribution >= 4 is 34.8 Å². The number of piperazine rings is 1. The Morgan fingerprint density at radius 1 is 1.07 bits per heavy atom. The first-order valence-corrected chi connectivity index (χ1v) is 9.04. The Kier molecular flexibility index (Phi) is 5.76. The molecule has 0 aromatic carbocycles. The number of carbonyl (C=O) groups is 1. The lowest BCUT2D eigenvalue weighted by molar-refractivity contribution is 0.142. The molecule has 28 heavy (non-hydrogen) atoms. The zero-order chi connectivity index (χ0) is 20.3. The van der Waals surface area contributed by atoms with Crippen LogP contribution < -0.4 is 10.5 Å². The second-order valence-corrected chi connectivity index (χ2v) is 6.39. The monoisotopic (exact) mass is 402 g/mol. The van der Waals surface area contributed by atoms with Crippen LogP contribution in [0.25, 0.3) is 11.2 Å². The van der Waals surface area contributed by atoms with Gasteiger partial charge < -0.3 is 14.9 Å². The Bertz CT molecular complexity index is 1090. The van der Waals surface area contributed by atoms with Crippen LogP contribution in [0.15, 0.2) is 4.79 Å². The van der Waals surface area contributed by atoms with Gasteiger partial charge in [-0.05, 0) is 25.4 Å². The molecule has 1 aliphatic heterocycles. The Morgan fingerprint density at radius 3 is 2.25 bits per heavy atom. The van der Waals surface area contributed by atoms with Crippen molar-refractivity contribution in [3.8, 4) is 23.7 Å². The summed E-state index contributed by atoms with van der Waals surface area (Å²) < 4.78 is 3.01. The predicted molar refractivity (Wildman–Crippen MR) is 106 cm³/mol. The molecular formula is C18H19ClN6O3. The van der Waals surface area contributed by atoms with Crippen LogP contribution in [0, 0.1) is 23.7 Å². The quantitative estimate of drug-likeness (QED) is 0.610. The van der Waals surface area contributed by atoms with Crippen LogP contribution in [0.5, 0.6) is 0 Å². The summed E-state index contributed by atoms with van der Waals surface area (Å²) in [6, 6.07) is 0. The maximum atomic E-state index is 13.0. The number of halogens is 1. The van der Waals surface area contributed by atoms with Crippen LogP contribution in [-0.2, 0) is 13.1 Å². The minimum Gasteiger partial charge on any atom is -0.465 e. The van der Waals surface area contributed by atoms with E-state index < -0.39 is 6.09 Å². The average Bonchev–Trinajstić information content (AvgIpc) is 3.04. The van der Waals surface area contributed by atoms with Crippen molar-refractivity contribution in [1.82, 2.24) is 24.0 Å². The van der Waals surface area contributed by atoms with E-state index in [1.54, 1.807) is 18.4 Å². The molecule has 1 N–H and O–H groups in total. The molecular weight excluding hydrogens is 384 g/mol. The van der Waals surface area contributed by atoms with Crippen LogP contribution in [0.1, 0.15) is 13.8 Å². The number of rotatable bonds is 3.